The van der Waals surface area contributed by atoms with Gasteiger partial charge in [-0.05, 0) is 6.92 Å². The molecule has 1 heterocycles. The van der Waals surface area contributed by atoms with Crippen LogP contribution in [-0.2, 0) is 16.6 Å². The molecule has 0 radical (unpaired) electrons. The normalized spacial score (nSPS) is 13.2. The summed E-state index contributed by atoms with van der Waals surface area (Å²) in [5.41, 5.74) is 0. The second kappa shape index (κ2) is 5.51. The van der Waals surface area contributed by atoms with Crippen molar-refractivity contribution < 1.29 is 31.1 Å². The van der Waals surface area contributed by atoms with Crippen LogP contribution in [0.5, 0.6) is 0 Å². The van der Waals surface area contributed by atoms with Crippen LogP contribution >= 0.6 is 0 Å². The minimum absolute atomic E-state index is 0.0305. The van der Waals surface area contributed by atoms with Gasteiger partial charge in [-0.2, -0.15) is 13.2 Å². The monoisotopic (exact) mass is 301 g/mol. The molecule has 19 heavy (non-hydrogen) atoms. The van der Waals surface area contributed by atoms with Gasteiger partial charge >= 0.3 is 6.18 Å². The number of aryl methyl sites for hydroxylation is 1. The lowest BCUT2D eigenvalue weighted by molar-refractivity contribution is -0.135. The number of sulfonamides is 1. The Morgan fingerprint density at radius 1 is 1.42 bits per heavy atom. The Balaban J connectivity index is 2.93. The molecule has 5 nitrogen and oxygen atoms in total. The van der Waals surface area contributed by atoms with Crippen LogP contribution < -0.4 is 0 Å². The van der Waals surface area contributed by atoms with E-state index in [4.69, 9.17) is 9.52 Å². The van der Waals surface area contributed by atoms with Crippen molar-refractivity contribution in [3.63, 3.8) is 0 Å². The summed E-state index contributed by atoms with van der Waals surface area (Å²) in [7, 11) is -2.99. The van der Waals surface area contributed by atoms with E-state index < -0.39 is 35.8 Å². The highest BCUT2D eigenvalue weighted by Gasteiger charge is 2.31. The van der Waals surface area contributed by atoms with Gasteiger partial charge in [0.2, 0.25) is 10.0 Å². The average Bonchev–Trinajstić information content (AvgIpc) is 2.67. The lowest BCUT2D eigenvalue weighted by Crippen LogP contribution is -2.30. The van der Waals surface area contributed by atoms with E-state index in [1.165, 1.54) is 6.92 Å². The summed E-state index contributed by atoms with van der Waals surface area (Å²) in [6.07, 6.45) is -5.65. The van der Waals surface area contributed by atoms with E-state index in [9.17, 15) is 21.6 Å². The van der Waals surface area contributed by atoms with Crippen molar-refractivity contribution in [2.45, 2.75) is 31.0 Å². The van der Waals surface area contributed by atoms with Crippen LogP contribution in [0.4, 0.5) is 13.2 Å². The minimum Gasteiger partial charge on any atom is -0.462 e. The Kier molecular flexibility index (Phi) is 4.64. The molecule has 0 spiro atoms. The summed E-state index contributed by atoms with van der Waals surface area (Å²) in [4.78, 5) is -0.235. The number of rotatable bonds is 5. The average molecular weight is 301 g/mol. The molecule has 110 valence electrons. The van der Waals surface area contributed by atoms with Crippen molar-refractivity contribution in [2.75, 3.05) is 13.6 Å². The third-order valence-corrected chi connectivity index (χ3v) is 4.44. The quantitative estimate of drug-likeness (QED) is 0.898. The van der Waals surface area contributed by atoms with Gasteiger partial charge in [0.15, 0.2) is 0 Å². The summed E-state index contributed by atoms with van der Waals surface area (Å²) < 4.78 is 65.8. The molecule has 0 saturated carbocycles. The van der Waals surface area contributed by atoms with Gasteiger partial charge in [0.05, 0.1) is 6.42 Å². The van der Waals surface area contributed by atoms with Crippen LogP contribution in [-0.4, -0.2) is 37.6 Å². The summed E-state index contributed by atoms with van der Waals surface area (Å²) >= 11 is 0. The Labute approximate surface area is 108 Å². The van der Waals surface area contributed by atoms with Crippen LogP contribution in [0, 0.1) is 6.92 Å². The van der Waals surface area contributed by atoms with E-state index in [0.717, 1.165) is 13.1 Å². The van der Waals surface area contributed by atoms with Gasteiger partial charge in [-0.3, -0.25) is 0 Å². The summed E-state index contributed by atoms with van der Waals surface area (Å²) in [5.74, 6) is 0.0724. The molecular formula is C10H14F3NO4S. The predicted molar refractivity (Wildman–Crippen MR) is 59.9 cm³/mol. The maximum absolute atomic E-state index is 12.1. The third-order valence-electron chi connectivity index (χ3n) is 2.48. The largest absolute Gasteiger partial charge is 0.462 e. The van der Waals surface area contributed by atoms with E-state index in [2.05, 4.69) is 0 Å². The number of aliphatic hydroxyl groups excluding tert-OH is 1. The molecule has 0 aliphatic heterocycles. The molecule has 0 aliphatic rings. The molecule has 1 rings (SSSR count). The number of hydrogen-bond donors (Lipinski definition) is 1. The molecule has 9 heteroatoms. The Morgan fingerprint density at radius 3 is 2.42 bits per heavy atom. The Bertz CT molecular complexity index is 535. The molecule has 1 aromatic heterocycles. The fourth-order valence-electron chi connectivity index (χ4n) is 1.43. The smallest absolute Gasteiger partial charge is 0.390 e. The molecule has 1 aromatic rings. The molecule has 0 atom stereocenters. The lowest BCUT2D eigenvalue weighted by Gasteiger charge is -2.17. The molecule has 0 aliphatic carbocycles. The van der Waals surface area contributed by atoms with Crippen molar-refractivity contribution in [3.8, 4) is 0 Å². The standard InChI is InChI=1S/C10H14F3NO4S/c1-7-9(5-8(6-15)18-7)19(16,17)14(2)4-3-10(11,12)13/h5,15H,3-4,6H2,1-2H3. The molecular weight excluding hydrogens is 287 g/mol. The van der Waals surface area contributed by atoms with Crippen molar-refractivity contribution >= 4 is 10.0 Å². The summed E-state index contributed by atoms with van der Waals surface area (Å²) in [6.45, 7) is 0.206. The zero-order chi connectivity index (χ0) is 14.8. The molecule has 0 unspecified atom stereocenters. The highest BCUT2D eigenvalue weighted by Crippen LogP contribution is 2.25. The molecule has 0 amide bonds. The molecule has 0 fully saturated rings. The molecule has 0 saturated heterocycles. The first-order valence-corrected chi connectivity index (χ1v) is 6.75. The van der Waals surface area contributed by atoms with E-state index in [1.807, 2.05) is 0 Å². The molecule has 1 N–H and O–H groups in total. The van der Waals surface area contributed by atoms with E-state index >= 15 is 0 Å². The van der Waals surface area contributed by atoms with Crippen molar-refractivity contribution in [1.29, 1.82) is 0 Å². The lowest BCUT2D eigenvalue weighted by atomic mass is 10.4. The first kappa shape index (κ1) is 16.0. The zero-order valence-corrected chi connectivity index (χ0v) is 11.2. The number of alkyl halides is 3. The number of furan rings is 1. The number of aliphatic hydroxyl groups is 1. The number of hydrogen-bond acceptors (Lipinski definition) is 4. The second-order valence-electron chi connectivity index (χ2n) is 3.98. The SMILES string of the molecule is Cc1oc(CO)cc1S(=O)(=O)N(C)CCC(F)(F)F. The van der Waals surface area contributed by atoms with Crippen molar-refractivity contribution in [1.82, 2.24) is 4.31 Å². The minimum atomic E-state index is -4.43. The van der Waals surface area contributed by atoms with Gasteiger partial charge in [0, 0.05) is 19.7 Å². The first-order chi connectivity index (χ1) is 8.58. The number of nitrogens with zero attached hydrogens (tertiary/aromatic N) is 1. The van der Waals surface area contributed by atoms with E-state index in [-0.39, 0.29) is 16.4 Å². The van der Waals surface area contributed by atoms with Crippen molar-refractivity contribution in [3.05, 3.63) is 17.6 Å². The van der Waals surface area contributed by atoms with Crippen LogP contribution in [0.15, 0.2) is 15.4 Å². The molecule has 0 bridgehead atoms. The second-order valence-corrected chi connectivity index (χ2v) is 6.00. The summed E-state index contributed by atoms with van der Waals surface area (Å²) in [6, 6.07) is 1.11. The van der Waals surface area contributed by atoms with Gasteiger partial charge in [-0.15, -0.1) is 0 Å². The Hall–Kier alpha value is -1.06. The maximum Gasteiger partial charge on any atom is 0.390 e. The number of halogens is 3. The first-order valence-electron chi connectivity index (χ1n) is 5.31. The van der Waals surface area contributed by atoms with Crippen LogP contribution in [0.25, 0.3) is 0 Å². The third kappa shape index (κ3) is 3.95. The van der Waals surface area contributed by atoms with Gasteiger partial charge in [-0.25, -0.2) is 12.7 Å². The van der Waals surface area contributed by atoms with Gasteiger partial charge in [0.25, 0.3) is 0 Å². The van der Waals surface area contributed by atoms with Gasteiger partial charge in [0.1, 0.15) is 23.0 Å². The van der Waals surface area contributed by atoms with E-state index in [1.54, 1.807) is 0 Å². The maximum atomic E-state index is 12.1. The van der Waals surface area contributed by atoms with Gasteiger partial charge < -0.3 is 9.52 Å². The molecule has 0 aromatic carbocycles. The van der Waals surface area contributed by atoms with Crippen LogP contribution in [0.3, 0.4) is 0 Å². The fraction of sp³-hybridized carbons (Fsp3) is 0.600. The van der Waals surface area contributed by atoms with Crippen molar-refractivity contribution in [2.24, 2.45) is 0 Å². The fourth-order valence-corrected chi connectivity index (χ4v) is 2.78. The summed E-state index contributed by atoms with van der Waals surface area (Å²) in [5, 5.41) is 8.84. The zero-order valence-electron chi connectivity index (χ0n) is 10.4. The highest BCUT2D eigenvalue weighted by atomic mass is 32.2. The van der Waals surface area contributed by atoms with Gasteiger partial charge in [-0.1, -0.05) is 0 Å². The van der Waals surface area contributed by atoms with Crippen LogP contribution in [0.2, 0.25) is 0 Å². The Morgan fingerprint density at radius 2 is 2.00 bits per heavy atom. The highest BCUT2D eigenvalue weighted by molar-refractivity contribution is 7.89. The van der Waals surface area contributed by atoms with E-state index in [0.29, 0.717) is 4.31 Å². The topological polar surface area (TPSA) is 70.8 Å². The van der Waals surface area contributed by atoms with Crippen LogP contribution in [0.1, 0.15) is 17.9 Å². The predicted octanol–water partition coefficient (Wildman–Crippen LogP) is 1.65.